The monoisotopic (exact) mass is 238 g/mol. The van der Waals surface area contributed by atoms with Crippen molar-refractivity contribution in [2.45, 2.75) is 13.8 Å². The minimum Gasteiger partial charge on any atom is -0.399 e. The summed E-state index contributed by atoms with van der Waals surface area (Å²) in [6, 6.07) is 11.8. The van der Waals surface area contributed by atoms with E-state index >= 15 is 0 Å². The zero-order valence-electron chi connectivity index (χ0n) is 10.8. The SMILES string of the molecule is Cc1c(N)ccc(C=Cc2ccc(N)cc2)c1C. The smallest absolute Gasteiger partial charge is 0.0346 e. The minimum absolute atomic E-state index is 0.784. The molecule has 0 unspecified atom stereocenters. The van der Waals surface area contributed by atoms with Gasteiger partial charge in [-0.3, -0.25) is 0 Å². The number of rotatable bonds is 2. The van der Waals surface area contributed by atoms with Crippen LogP contribution in [0.1, 0.15) is 22.3 Å². The predicted octanol–water partition coefficient (Wildman–Crippen LogP) is 3.64. The van der Waals surface area contributed by atoms with Gasteiger partial charge in [-0.05, 0) is 54.3 Å². The van der Waals surface area contributed by atoms with Crippen molar-refractivity contribution in [1.82, 2.24) is 0 Å². The molecule has 2 nitrogen and oxygen atoms in total. The fourth-order valence-corrected chi connectivity index (χ4v) is 1.84. The Morgan fingerprint density at radius 2 is 1.44 bits per heavy atom. The molecule has 2 aromatic rings. The van der Waals surface area contributed by atoms with Gasteiger partial charge in [0.05, 0.1) is 0 Å². The predicted molar refractivity (Wildman–Crippen MR) is 80.1 cm³/mol. The molecule has 18 heavy (non-hydrogen) atoms. The fraction of sp³-hybridized carbons (Fsp3) is 0.125. The van der Waals surface area contributed by atoms with Crippen LogP contribution in [0.4, 0.5) is 11.4 Å². The van der Waals surface area contributed by atoms with Crippen LogP contribution in [-0.4, -0.2) is 0 Å². The molecule has 0 amide bonds. The molecular formula is C16H18N2. The molecule has 0 aliphatic heterocycles. The van der Waals surface area contributed by atoms with E-state index in [9.17, 15) is 0 Å². The van der Waals surface area contributed by atoms with Gasteiger partial charge in [-0.2, -0.15) is 0 Å². The molecule has 0 aliphatic rings. The zero-order chi connectivity index (χ0) is 13.1. The third kappa shape index (κ3) is 2.54. The molecule has 92 valence electrons. The van der Waals surface area contributed by atoms with Gasteiger partial charge in [-0.15, -0.1) is 0 Å². The lowest BCUT2D eigenvalue weighted by Crippen LogP contribution is -1.94. The molecule has 4 N–H and O–H groups in total. The third-order valence-electron chi connectivity index (χ3n) is 3.26. The summed E-state index contributed by atoms with van der Waals surface area (Å²) in [6.07, 6.45) is 4.19. The quantitative estimate of drug-likeness (QED) is 0.620. The van der Waals surface area contributed by atoms with Crippen molar-refractivity contribution in [3.63, 3.8) is 0 Å². The van der Waals surface area contributed by atoms with Gasteiger partial charge in [0.1, 0.15) is 0 Å². The number of hydrogen-bond donors (Lipinski definition) is 2. The summed E-state index contributed by atoms with van der Waals surface area (Å²) in [6.45, 7) is 4.14. The maximum atomic E-state index is 5.88. The van der Waals surface area contributed by atoms with Crippen LogP contribution in [0.15, 0.2) is 36.4 Å². The van der Waals surface area contributed by atoms with E-state index in [0.29, 0.717) is 0 Å². The van der Waals surface area contributed by atoms with Crippen LogP contribution in [0.2, 0.25) is 0 Å². The molecule has 2 heteroatoms. The first-order chi connectivity index (χ1) is 8.58. The molecule has 2 aromatic carbocycles. The second-order valence-electron chi connectivity index (χ2n) is 4.49. The third-order valence-corrected chi connectivity index (χ3v) is 3.26. The molecule has 0 bridgehead atoms. The molecule has 0 saturated heterocycles. The van der Waals surface area contributed by atoms with Crippen molar-refractivity contribution in [1.29, 1.82) is 0 Å². The molecular weight excluding hydrogens is 220 g/mol. The van der Waals surface area contributed by atoms with Crippen molar-refractivity contribution >= 4 is 23.5 Å². The normalized spacial score (nSPS) is 11.0. The van der Waals surface area contributed by atoms with Crippen LogP contribution >= 0.6 is 0 Å². The largest absolute Gasteiger partial charge is 0.399 e. The highest BCUT2D eigenvalue weighted by Gasteiger charge is 2.01. The van der Waals surface area contributed by atoms with Crippen LogP contribution < -0.4 is 11.5 Å². The topological polar surface area (TPSA) is 52.0 Å². The standard InChI is InChI=1S/C16H18N2/c1-11-12(2)16(18)10-7-14(11)6-3-13-4-8-15(17)9-5-13/h3-10H,17-18H2,1-2H3. The van der Waals surface area contributed by atoms with Crippen LogP contribution in [0.25, 0.3) is 12.2 Å². The molecule has 0 spiro atoms. The Morgan fingerprint density at radius 1 is 0.778 bits per heavy atom. The van der Waals surface area contributed by atoms with Crippen LogP contribution in [0.3, 0.4) is 0 Å². The van der Waals surface area contributed by atoms with Gasteiger partial charge in [0.25, 0.3) is 0 Å². The van der Waals surface area contributed by atoms with E-state index in [1.54, 1.807) is 0 Å². The van der Waals surface area contributed by atoms with E-state index in [4.69, 9.17) is 11.5 Å². The first-order valence-corrected chi connectivity index (χ1v) is 5.97. The summed E-state index contributed by atoms with van der Waals surface area (Å²) in [5.74, 6) is 0. The van der Waals surface area contributed by atoms with E-state index < -0.39 is 0 Å². The molecule has 2 rings (SSSR count). The summed E-state index contributed by atoms with van der Waals surface area (Å²) < 4.78 is 0. The number of hydrogen-bond acceptors (Lipinski definition) is 2. The first kappa shape index (κ1) is 12.2. The number of benzene rings is 2. The summed E-state index contributed by atoms with van der Waals surface area (Å²) in [7, 11) is 0. The summed E-state index contributed by atoms with van der Waals surface area (Å²) in [5.41, 5.74) is 17.9. The Hall–Kier alpha value is -2.22. The number of nitrogen functional groups attached to an aromatic ring is 2. The maximum absolute atomic E-state index is 5.88. The van der Waals surface area contributed by atoms with Gasteiger partial charge in [0.15, 0.2) is 0 Å². The second-order valence-corrected chi connectivity index (χ2v) is 4.49. The van der Waals surface area contributed by atoms with E-state index in [1.165, 1.54) is 11.1 Å². The molecule has 0 radical (unpaired) electrons. The lowest BCUT2D eigenvalue weighted by atomic mass is 10.0. The average molecular weight is 238 g/mol. The number of nitrogens with two attached hydrogens (primary N) is 2. The zero-order valence-corrected chi connectivity index (χ0v) is 10.8. The molecule has 0 atom stereocenters. The van der Waals surface area contributed by atoms with E-state index in [1.807, 2.05) is 43.3 Å². The lowest BCUT2D eigenvalue weighted by Gasteiger charge is -2.07. The maximum Gasteiger partial charge on any atom is 0.0346 e. The second kappa shape index (κ2) is 4.96. The molecule has 0 heterocycles. The van der Waals surface area contributed by atoms with Gasteiger partial charge in [0, 0.05) is 11.4 Å². The molecule has 0 fully saturated rings. The summed E-state index contributed by atoms with van der Waals surface area (Å²) in [5, 5.41) is 0. The van der Waals surface area contributed by atoms with Crippen molar-refractivity contribution in [3.05, 3.63) is 58.7 Å². The van der Waals surface area contributed by atoms with Gasteiger partial charge in [-0.25, -0.2) is 0 Å². The van der Waals surface area contributed by atoms with Gasteiger partial charge < -0.3 is 11.5 Å². The highest BCUT2D eigenvalue weighted by atomic mass is 14.6. The highest BCUT2D eigenvalue weighted by molar-refractivity contribution is 5.73. The first-order valence-electron chi connectivity index (χ1n) is 5.97. The Morgan fingerprint density at radius 3 is 2.11 bits per heavy atom. The van der Waals surface area contributed by atoms with E-state index in [2.05, 4.69) is 19.1 Å². The Balaban J connectivity index is 2.29. The Labute approximate surface area is 108 Å². The van der Waals surface area contributed by atoms with Gasteiger partial charge in [0.2, 0.25) is 0 Å². The minimum atomic E-state index is 0.784. The van der Waals surface area contributed by atoms with Crippen molar-refractivity contribution in [2.75, 3.05) is 11.5 Å². The van der Waals surface area contributed by atoms with E-state index in [-0.39, 0.29) is 0 Å². The lowest BCUT2D eigenvalue weighted by molar-refractivity contribution is 1.33. The van der Waals surface area contributed by atoms with Crippen LogP contribution in [0, 0.1) is 13.8 Å². The van der Waals surface area contributed by atoms with Crippen molar-refractivity contribution in [3.8, 4) is 0 Å². The Bertz CT molecular complexity index is 581. The van der Waals surface area contributed by atoms with Crippen LogP contribution in [-0.2, 0) is 0 Å². The summed E-state index contributed by atoms with van der Waals surface area (Å²) >= 11 is 0. The van der Waals surface area contributed by atoms with Gasteiger partial charge >= 0.3 is 0 Å². The Kier molecular flexibility index (Phi) is 3.38. The number of anilines is 2. The van der Waals surface area contributed by atoms with Crippen LogP contribution in [0.5, 0.6) is 0 Å². The average Bonchev–Trinajstić information content (AvgIpc) is 2.37. The van der Waals surface area contributed by atoms with Crippen molar-refractivity contribution in [2.24, 2.45) is 0 Å². The van der Waals surface area contributed by atoms with Gasteiger partial charge in [-0.1, -0.05) is 30.4 Å². The molecule has 0 aromatic heterocycles. The highest BCUT2D eigenvalue weighted by Crippen LogP contribution is 2.21. The summed E-state index contributed by atoms with van der Waals surface area (Å²) in [4.78, 5) is 0. The van der Waals surface area contributed by atoms with Crippen molar-refractivity contribution < 1.29 is 0 Å². The molecule has 0 aliphatic carbocycles. The molecule has 0 saturated carbocycles. The fourth-order valence-electron chi connectivity index (χ4n) is 1.84. The van der Waals surface area contributed by atoms with E-state index in [0.717, 1.165) is 22.5 Å².